The highest BCUT2D eigenvalue weighted by Crippen LogP contribution is 2.36. The van der Waals surface area contributed by atoms with E-state index in [9.17, 15) is 18.3 Å². The molecule has 1 aromatic heterocycles. The number of carbonyl (C=O) groups is 1. The SMILES string of the molecule is CCN(CC1CCOCC1)S(=O)(=O)c1sc2c(c1C(=O)O)CCNC2. The third-order valence-electron chi connectivity index (χ3n) is 4.84. The van der Waals surface area contributed by atoms with Gasteiger partial charge in [0.05, 0.1) is 5.56 Å². The topological polar surface area (TPSA) is 95.9 Å². The van der Waals surface area contributed by atoms with E-state index in [-0.39, 0.29) is 15.7 Å². The number of nitrogens with zero attached hydrogens (tertiary/aromatic N) is 1. The Morgan fingerprint density at radius 2 is 2.12 bits per heavy atom. The predicted octanol–water partition coefficient (Wildman–Crippen LogP) is 1.53. The second-order valence-electron chi connectivity index (χ2n) is 6.41. The highest BCUT2D eigenvalue weighted by atomic mass is 32.2. The summed E-state index contributed by atoms with van der Waals surface area (Å²) in [4.78, 5) is 12.6. The Labute approximate surface area is 152 Å². The minimum atomic E-state index is -3.82. The average molecular weight is 389 g/mol. The summed E-state index contributed by atoms with van der Waals surface area (Å²) >= 11 is 1.11. The summed E-state index contributed by atoms with van der Waals surface area (Å²) in [6.45, 7) is 5.06. The first-order chi connectivity index (χ1) is 11.9. The number of carboxylic acid groups (broad SMARTS) is 1. The zero-order valence-corrected chi connectivity index (χ0v) is 15.9. The lowest BCUT2D eigenvalue weighted by Gasteiger charge is -2.28. The molecule has 0 spiro atoms. The Kier molecular flexibility index (Phi) is 5.79. The van der Waals surface area contributed by atoms with Gasteiger partial charge >= 0.3 is 5.97 Å². The van der Waals surface area contributed by atoms with Gasteiger partial charge in [0, 0.05) is 37.7 Å². The molecule has 3 rings (SSSR count). The van der Waals surface area contributed by atoms with Crippen LogP contribution < -0.4 is 5.32 Å². The molecule has 2 N–H and O–H groups in total. The van der Waals surface area contributed by atoms with Gasteiger partial charge in [-0.25, -0.2) is 13.2 Å². The summed E-state index contributed by atoms with van der Waals surface area (Å²) in [6.07, 6.45) is 2.22. The van der Waals surface area contributed by atoms with E-state index >= 15 is 0 Å². The quantitative estimate of drug-likeness (QED) is 0.767. The van der Waals surface area contributed by atoms with Gasteiger partial charge in [-0.05, 0) is 37.3 Å². The molecular formula is C16H24N2O5S2. The van der Waals surface area contributed by atoms with Gasteiger partial charge in [0.15, 0.2) is 0 Å². The smallest absolute Gasteiger partial charge is 0.338 e. The fraction of sp³-hybridized carbons (Fsp3) is 0.688. The van der Waals surface area contributed by atoms with Crippen molar-refractivity contribution in [2.75, 3.05) is 32.8 Å². The van der Waals surface area contributed by atoms with Crippen molar-refractivity contribution in [2.24, 2.45) is 5.92 Å². The number of rotatable bonds is 6. The van der Waals surface area contributed by atoms with Crippen molar-refractivity contribution in [3.8, 4) is 0 Å². The molecule has 25 heavy (non-hydrogen) atoms. The first-order valence-corrected chi connectivity index (χ1v) is 10.9. The van der Waals surface area contributed by atoms with E-state index in [1.54, 1.807) is 6.92 Å². The van der Waals surface area contributed by atoms with Crippen LogP contribution in [0.4, 0.5) is 0 Å². The van der Waals surface area contributed by atoms with Gasteiger partial charge in [-0.15, -0.1) is 11.3 Å². The van der Waals surface area contributed by atoms with E-state index in [2.05, 4.69) is 5.32 Å². The van der Waals surface area contributed by atoms with Gasteiger partial charge in [0.2, 0.25) is 0 Å². The monoisotopic (exact) mass is 388 g/mol. The van der Waals surface area contributed by atoms with Crippen molar-refractivity contribution < 1.29 is 23.1 Å². The summed E-state index contributed by atoms with van der Waals surface area (Å²) in [5.41, 5.74) is 0.656. The lowest BCUT2D eigenvalue weighted by atomic mass is 10.0. The van der Waals surface area contributed by atoms with Crippen LogP contribution in [0.15, 0.2) is 4.21 Å². The van der Waals surface area contributed by atoms with E-state index in [0.717, 1.165) is 29.1 Å². The van der Waals surface area contributed by atoms with E-state index in [1.807, 2.05) is 0 Å². The summed E-state index contributed by atoms with van der Waals surface area (Å²) < 4.78 is 33.2. The minimum Gasteiger partial charge on any atom is -0.478 e. The molecule has 3 heterocycles. The maximum absolute atomic E-state index is 13.2. The van der Waals surface area contributed by atoms with Crippen molar-refractivity contribution in [1.82, 2.24) is 9.62 Å². The number of ether oxygens (including phenoxy) is 1. The predicted molar refractivity (Wildman–Crippen MR) is 94.7 cm³/mol. The van der Waals surface area contributed by atoms with E-state index in [4.69, 9.17) is 4.74 Å². The molecule has 0 bridgehead atoms. The van der Waals surface area contributed by atoms with Crippen LogP contribution in [0.1, 0.15) is 40.6 Å². The van der Waals surface area contributed by atoms with Gasteiger partial charge in [-0.2, -0.15) is 4.31 Å². The fourth-order valence-electron chi connectivity index (χ4n) is 3.44. The summed E-state index contributed by atoms with van der Waals surface area (Å²) in [6, 6.07) is 0. The normalized spacial score (nSPS) is 19.1. The molecule has 140 valence electrons. The van der Waals surface area contributed by atoms with E-state index < -0.39 is 16.0 Å². The zero-order chi connectivity index (χ0) is 18.0. The number of carboxylic acids is 1. The fourth-order valence-corrected chi connectivity index (χ4v) is 6.97. The van der Waals surface area contributed by atoms with Gasteiger partial charge in [0.25, 0.3) is 10.0 Å². The van der Waals surface area contributed by atoms with Crippen molar-refractivity contribution in [3.63, 3.8) is 0 Å². The third kappa shape index (κ3) is 3.75. The number of aromatic carboxylic acids is 1. The molecule has 7 nitrogen and oxygen atoms in total. The Morgan fingerprint density at radius 1 is 1.40 bits per heavy atom. The molecule has 0 radical (unpaired) electrons. The maximum Gasteiger partial charge on any atom is 0.338 e. The zero-order valence-electron chi connectivity index (χ0n) is 14.3. The molecule has 0 aliphatic carbocycles. The molecule has 1 fully saturated rings. The van der Waals surface area contributed by atoms with Crippen molar-refractivity contribution in [3.05, 3.63) is 16.0 Å². The summed E-state index contributed by atoms with van der Waals surface area (Å²) in [7, 11) is -3.82. The summed E-state index contributed by atoms with van der Waals surface area (Å²) in [5, 5.41) is 12.8. The lowest BCUT2D eigenvalue weighted by Crippen LogP contribution is -2.37. The first kappa shape index (κ1) is 18.8. The lowest BCUT2D eigenvalue weighted by molar-refractivity contribution is 0.0609. The van der Waals surface area contributed by atoms with Crippen LogP contribution in [0.2, 0.25) is 0 Å². The molecule has 9 heteroatoms. The van der Waals surface area contributed by atoms with E-state index in [1.165, 1.54) is 4.31 Å². The minimum absolute atomic E-state index is 0.0115. The van der Waals surface area contributed by atoms with Crippen molar-refractivity contribution in [2.45, 2.75) is 36.9 Å². The highest BCUT2D eigenvalue weighted by Gasteiger charge is 2.36. The Bertz CT molecular complexity index is 738. The molecule has 2 aliphatic heterocycles. The third-order valence-corrected chi connectivity index (χ3v) is 8.51. The summed E-state index contributed by atoms with van der Waals surface area (Å²) in [5.74, 6) is -0.895. The maximum atomic E-state index is 13.2. The van der Waals surface area contributed by atoms with Gasteiger partial charge in [-0.3, -0.25) is 0 Å². The number of sulfonamides is 1. The van der Waals surface area contributed by atoms with Crippen LogP contribution in [-0.4, -0.2) is 56.6 Å². The van der Waals surface area contributed by atoms with Gasteiger partial charge in [0.1, 0.15) is 4.21 Å². The van der Waals surface area contributed by atoms with E-state index in [0.29, 0.717) is 51.4 Å². The number of nitrogens with one attached hydrogen (secondary N) is 1. The molecule has 1 saturated heterocycles. The molecule has 0 aromatic carbocycles. The molecule has 0 unspecified atom stereocenters. The van der Waals surface area contributed by atoms with Crippen molar-refractivity contribution in [1.29, 1.82) is 0 Å². The largest absolute Gasteiger partial charge is 0.478 e. The first-order valence-electron chi connectivity index (χ1n) is 8.61. The Hall–Kier alpha value is -1.00. The van der Waals surface area contributed by atoms with Gasteiger partial charge < -0.3 is 15.2 Å². The Morgan fingerprint density at radius 3 is 2.76 bits per heavy atom. The molecular weight excluding hydrogens is 364 g/mol. The second-order valence-corrected chi connectivity index (χ2v) is 9.65. The molecule has 0 atom stereocenters. The van der Waals surface area contributed by atoms with Crippen LogP contribution in [0.25, 0.3) is 0 Å². The average Bonchev–Trinajstić information content (AvgIpc) is 3.01. The van der Waals surface area contributed by atoms with Crippen molar-refractivity contribution >= 4 is 27.3 Å². The number of fused-ring (bicyclic) bond motifs is 1. The Balaban J connectivity index is 1.95. The van der Waals surface area contributed by atoms with Crippen LogP contribution in [0.5, 0.6) is 0 Å². The molecule has 2 aliphatic rings. The highest BCUT2D eigenvalue weighted by molar-refractivity contribution is 7.91. The number of hydrogen-bond donors (Lipinski definition) is 2. The molecule has 1 aromatic rings. The van der Waals surface area contributed by atoms with Crippen LogP contribution in [-0.2, 0) is 27.7 Å². The van der Waals surface area contributed by atoms with Crippen LogP contribution >= 0.6 is 11.3 Å². The molecule has 0 saturated carbocycles. The van der Waals surface area contributed by atoms with Crippen LogP contribution in [0.3, 0.4) is 0 Å². The second kappa shape index (κ2) is 7.71. The van der Waals surface area contributed by atoms with Crippen LogP contribution in [0, 0.1) is 5.92 Å². The number of thiophene rings is 1. The van der Waals surface area contributed by atoms with Gasteiger partial charge in [-0.1, -0.05) is 6.92 Å². The number of hydrogen-bond acceptors (Lipinski definition) is 6. The standard InChI is InChI=1S/C16H24N2O5S2/c1-2-18(10-11-4-7-23-8-5-11)25(21,22)16-14(15(19)20)12-3-6-17-9-13(12)24-16/h11,17H,2-10H2,1H3,(H,19,20). The molecule has 0 amide bonds.